The van der Waals surface area contributed by atoms with Crippen molar-refractivity contribution >= 4 is 22.7 Å². The lowest BCUT2D eigenvalue weighted by Crippen LogP contribution is -2.22. The quantitative estimate of drug-likeness (QED) is 0.408. The Balaban J connectivity index is 1.68. The summed E-state index contributed by atoms with van der Waals surface area (Å²) in [6.07, 6.45) is 2.95. The predicted molar refractivity (Wildman–Crippen MR) is 131 cm³/mol. The van der Waals surface area contributed by atoms with E-state index in [1.54, 1.807) is 48.1 Å². The van der Waals surface area contributed by atoms with Gasteiger partial charge in [0.15, 0.2) is 5.69 Å². The van der Waals surface area contributed by atoms with Gasteiger partial charge in [0.1, 0.15) is 5.76 Å². The van der Waals surface area contributed by atoms with Gasteiger partial charge in [0.2, 0.25) is 5.88 Å². The van der Waals surface area contributed by atoms with Gasteiger partial charge in [-0.05, 0) is 37.3 Å². The number of hydrogen-bond donors (Lipinski definition) is 1. The second kappa shape index (κ2) is 8.40. The lowest BCUT2D eigenvalue weighted by Gasteiger charge is -2.12. The molecular weight excluding hydrogens is 432 g/mol. The Bertz CT molecular complexity index is 1640. The Morgan fingerprint density at radius 2 is 1.65 bits per heavy atom. The summed E-state index contributed by atoms with van der Waals surface area (Å²) >= 11 is 0. The smallest absolute Gasteiger partial charge is 0.297 e. The molecule has 8 nitrogen and oxygen atoms in total. The summed E-state index contributed by atoms with van der Waals surface area (Å²) in [5.74, 6) is 0.279. The van der Waals surface area contributed by atoms with Crippen LogP contribution in [0.3, 0.4) is 0 Å². The molecule has 0 amide bonds. The van der Waals surface area contributed by atoms with Crippen LogP contribution in [0.2, 0.25) is 0 Å². The molecule has 5 rings (SSSR count). The zero-order chi connectivity index (χ0) is 23.8. The van der Waals surface area contributed by atoms with Crippen molar-refractivity contribution in [3.63, 3.8) is 0 Å². The van der Waals surface area contributed by atoms with Crippen LogP contribution in [0, 0.1) is 6.92 Å². The number of nitrogens with zero attached hydrogens (tertiary/aromatic N) is 4. The molecule has 0 radical (unpaired) electrons. The van der Waals surface area contributed by atoms with Gasteiger partial charge in [-0.25, -0.2) is 9.67 Å². The highest BCUT2D eigenvalue weighted by Gasteiger charge is 2.18. The van der Waals surface area contributed by atoms with Crippen LogP contribution in [-0.2, 0) is 13.6 Å². The van der Waals surface area contributed by atoms with Gasteiger partial charge in [-0.2, -0.15) is 0 Å². The molecular formula is C26H22N4O4. The second-order valence-corrected chi connectivity index (χ2v) is 7.92. The molecule has 3 aromatic heterocycles. The Morgan fingerprint density at radius 1 is 0.941 bits per heavy atom. The van der Waals surface area contributed by atoms with Gasteiger partial charge < -0.3 is 9.52 Å². The van der Waals surface area contributed by atoms with E-state index in [0.29, 0.717) is 27.8 Å². The molecule has 1 N–H and O–H groups in total. The first-order valence-electron chi connectivity index (χ1n) is 10.7. The van der Waals surface area contributed by atoms with E-state index in [4.69, 9.17) is 4.42 Å². The van der Waals surface area contributed by atoms with Crippen molar-refractivity contribution < 1.29 is 9.52 Å². The van der Waals surface area contributed by atoms with E-state index >= 15 is 0 Å². The number of furan rings is 1. The van der Waals surface area contributed by atoms with Crippen molar-refractivity contribution in [3.8, 4) is 11.6 Å². The topological polar surface area (TPSA) is 94.7 Å². The van der Waals surface area contributed by atoms with Crippen LogP contribution >= 0.6 is 0 Å². The molecule has 34 heavy (non-hydrogen) atoms. The van der Waals surface area contributed by atoms with E-state index in [1.165, 1.54) is 21.7 Å². The van der Waals surface area contributed by atoms with Crippen LogP contribution in [0.25, 0.3) is 16.5 Å². The summed E-state index contributed by atoms with van der Waals surface area (Å²) in [5.41, 5.74) is 1.35. The maximum Gasteiger partial charge on any atom is 0.297 e. The van der Waals surface area contributed by atoms with Crippen molar-refractivity contribution in [3.05, 3.63) is 111 Å². The van der Waals surface area contributed by atoms with E-state index < -0.39 is 0 Å². The third-order valence-electron chi connectivity index (χ3n) is 5.93. The first-order valence-corrected chi connectivity index (χ1v) is 10.7. The van der Waals surface area contributed by atoms with Crippen LogP contribution in [0.15, 0.2) is 92.0 Å². The van der Waals surface area contributed by atoms with Crippen molar-refractivity contribution in [2.45, 2.75) is 13.5 Å². The number of rotatable bonds is 5. The molecule has 0 aliphatic heterocycles. The average molecular weight is 454 g/mol. The summed E-state index contributed by atoms with van der Waals surface area (Å²) in [5, 5.41) is 12.0. The third-order valence-corrected chi connectivity index (χ3v) is 5.93. The van der Waals surface area contributed by atoms with Crippen molar-refractivity contribution in [2.75, 3.05) is 0 Å². The molecule has 0 spiro atoms. The van der Waals surface area contributed by atoms with Gasteiger partial charge in [-0.1, -0.05) is 36.4 Å². The molecule has 0 atom stereocenters. The van der Waals surface area contributed by atoms with Crippen LogP contribution in [0.4, 0.5) is 5.69 Å². The number of fused-ring (bicyclic) bond motifs is 1. The highest BCUT2D eigenvalue weighted by molar-refractivity contribution is 6.02. The summed E-state index contributed by atoms with van der Waals surface area (Å²) < 4.78 is 9.88. The minimum Gasteiger partial charge on any atom is -0.494 e. The Labute approximate surface area is 194 Å². The number of aliphatic imine (C=N–C) groups is 1. The van der Waals surface area contributed by atoms with Crippen LogP contribution in [-0.4, -0.2) is 25.3 Å². The van der Waals surface area contributed by atoms with Crippen LogP contribution in [0.1, 0.15) is 17.0 Å². The Hall–Kier alpha value is -4.59. The predicted octanol–water partition coefficient (Wildman–Crippen LogP) is 3.90. The van der Waals surface area contributed by atoms with Gasteiger partial charge in [0.25, 0.3) is 11.1 Å². The summed E-state index contributed by atoms with van der Waals surface area (Å²) in [6.45, 7) is 1.87. The fourth-order valence-electron chi connectivity index (χ4n) is 4.08. The lowest BCUT2D eigenvalue weighted by molar-refractivity contribution is 0.400. The largest absolute Gasteiger partial charge is 0.494 e. The molecule has 0 unspecified atom stereocenters. The molecule has 0 aliphatic carbocycles. The van der Waals surface area contributed by atoms with Gasteiger partial charge >= 0.3 is 0 Å². The second-order valence-electron chi connectivity index (χ2n) is 7.92. The SMILES string of the molecule is Cc1c(N=Cc2c(O)n(Cc3ccco3)c(=O)c3ccccc23)c(=O)n(-c2ccccc2)n1C. The van der Waals surface area contributed by atoms with Gasteiger partial charge in [-0.15, -0.1) is 0 Å². The van der Waals surface area contributed by atoms with E-state index in [2.05, 4.69) is 4.99 Å². The summed E-state index contributed by atoms with van der Waals surface area (Å²) in [6, 6.07) is 19.7. The standard InChI is InChI=1S/C26H22N4O4/c1-17-23(26(33)30(28(17)2)18-9-4-3-5-10-18)27-15-22-20-12-6-7-13-21(20)24(31)29(25(22)32)16-19-11-8-14-34-19/h3-15,32H,16H2,1-2H3. The molecule has 5 aromatic rings. The molecule has 0 bridgehead atoms. The molecule has 0 fully saturated rings. The fraction of sp³-hybridized carbons (Fsp3) is 0.115. The molecule has 3 heterocycles. The number of hydrogen-bond acceptors (Lipinski definition) is 5. The normalized spacial score (nSPS) is 11.6. The first-order chi connectivity index (χ1) is 16.5. The fourth-order valence-corrected chi connectivity index (χ4v) is 4.08. The van der Waals surface area contributed by atoms with Gasteiger partial charge in [0, 0.05) is 24.0 Å². The number of benzene rings is 2. The highest BCUT2D eigenvalue weighted by atomic mass is 16.3. The van der Waals surface area contributed by atoms with Gasteiger partial charge in [0.05, 0.1) is 29.8 Å². The Morgan fingerprint density at radius 3 is 2.35 bits per heavy atom. The highest BCUT2D eigenvalue weighted by Crippen LogP contribution is 2.25. The molecule has 0 saturated heterocycles. The summed E-state index contributed by atoms with van der Waals surface area (Å²) in [7, 11) is 1.79. The minimum absolute atomic E-state index is 0.0640. The van der Waals surface area contributed by atoms with E-state index in [9.17, 15) is 14.7 Å². The molecule has 2 aromatic carbocycles. The molecule has 0 saturated carbocycles. The monoisotopic (exact) mass is 454 g/mol. The van der Waals surface area contributed by atoms with Gasteiger partial charge in [-0.3, -0.25) is 18.8 Å². The van der Waals surface area contributed by atoms with E-state index in [0.717, 1.165) is 5.69 Å². The Kier molecular flexibility index (Phi) is 5.25. The third kappa shape index (κ3) is 3.45. The maximum atomic E-state index is 13.2. The zero-order valence-electron chi connectivity index (χ0n) is 18.7. The zero-order valence-corrected chi connectivity index (χ0v) is 18.7. The lowest BCUT2D eigenvalue weighted by atomic mass is 10.1. The summed E-state index contributed by atoms with van der Waals surface area (Å²) in [4.78, 5) is 30.8. The van der Waals surface area contributed by atoms with E-state index in [-0.39, 0.29) is 29.2 Å². The average Bonchev–Trinajstić information content (AvgIpc) is 3.44. The minimum atomic E-state index is -0.344. The maximum absolute atomic E-state index is 13.2. The number of pyridine rings is 1. The van der Waals surface area contributed by atoms with Crippen molar-refractivity contribution in [1.29, 1.82) is 0 Å². The number of aromatic hydroxyl groups is 1. The molecule has 0 aliphatic rings. The van der Waals surface area contributed by atoms with Crippen LogP contribution in [0.5, 0.6) is 5.88 Å². The van der Waals surface area contributed by atoms with Crippen LogP contribution < -0.4 is 11.1 Å². The van der Waals surface area contributed by atoms with Crippen molar-refractivity contribution in [2.24, 2.45) is 12.0 Å². The molecule has 170 valence electrons. The molecule has 8 heteroatoms. The first kappa shape index (κ1) is 21.3. The van der Waals surface area contributed by atoms with E-state index in [1.807, 2.05) is 37.3 Å². The number of para-hydroxylation sites is 1. The number of aromatic nitrogens is 3. The van der Waals surface area contributed by atoms with Crippen molar-refractivity contribution in [1.82, 2.24) is 13.9 Å².